The number of aryl methyl sites for hydroxylation is 2. The Bertz CT molecular complexity index is 879. The topological polar surface area (TPSA) is 59.8 Å². The van der Waals surface area contributed by atoms with E-state index >= 15 is 0 Å². The first-order valence-electron chi connectivity index (χ1n) is 8.27. The number of pyridine rings is 1. The fourth-order valence-corrected chi connectivity index (χ4v) is 3.52. The van der Waals surface area contributed by atoms with Crippen LogP contribution < -0.4 is 5.32 Å². The molecular weight excluding hydrogens is 412 g/mol. The molecule has 1 aromatic carbocycles. The molecule has 0 saturated heterocycles. The minimum atomic E-state index is -0.0677. The van der Waals surface area contributed by atoms with Crippen molar-refractivity contribution in [2.75, 3.05) is 6.54 Å². The highest BCUT2D eigenvalue weighted by Crippen LogP contribution is 2.29. The Kier molecular flexibility index (Phi) is 6.46. The molecule has 0 fully saturated rings. The smallest absolute Gasteiger partial charge is 0.252 e. The third kappa shape index (κ3) is 5.19. The maximum atomic E-state index is 12.6. The molecule has 3 aromatic rings. The summed E-state index contributed by atoms with van der Waals surface area (Å²) in [5.74, 6) is -0.0677. The molecule has 0 radical (unpaired) electrons. The molecule has 3 rings (SSSR count). The summed E-state index contributed by atoms with van der Waals surface area (Å²) in [5, 5.41) is 8.09. The van der Waals surface area contributed by atoms with E-state index in [9.17, 15) is 4.79 Å². The molecule has 0 atom stereocenters. The van der Waals surface area contributed by atoms with Crippen molar-refractivity contribution in [3.63, 3.8) is 0 Å². The molecule has 0 spiro atoms. The Hall–Kier alpha value is -2.12. The average molecular weight is 431 g/mol. The van der Waals surface area contributed by atoms with Gasteiger partial charge >= 0.3 is 0 Å². The number of rotatable bonds is 7. The van der Waals surface area contributed by atoms with Crippen LogP contribution in [0.3, 0.4) is 0 Å². The maximum absolute atomic E-state index is 12.6. The zero-order valence-electron chi connectivity index (χ0n) is 14.4. The monoisotopic (exact) mass is 430 g/mol. The number of carbonyl (C=O) groups excluding carboxylic acids is 1. The first kappa shape index (κ1) is 18.7. The molecular formula is C19H19BrN4OS. The lowest BCUT2D eigenvalue weighted by Gasteiger charge is -2.10. The lowest BCUT2D eigenvalue weighted by atomic mass is 10.2. The first-order chi connectivity index (χ1) is 12.6. The van der Waals surface area contributed by atoms with Crippen molar-refractivity contribution in [2.24, 2.45) is 0 Å². The lowest BCUT2D eigenvalue weighted by Crippen LogP contribution is -2.25. The van der Waals surface area contributed by atoms with Gasteiger partial charge in [0, 0.05) is 34.9 Å². The minimum absolute atomic E-state index is 0.0677. The van der Waals surface area contributed by atoms with E-state index < -0.39 is 0 Å². The number of nitrogens with zero attached hydrogens (tertiary/aromatic N) is 3. The van der Waals surface area contributed by atoms with Gasteiger partial charge in [0.1, 0.15) is 5.03 Å². The molecule has 2 aromatic heterocycles. The van der Waals surface area contributed by atoms with Crippen LogP contribution in [0.4, 0.5) is 0 Å². The van der Waals surface area contributed by atoms with Crippen LogP contribution in [-0.2, 0) is 6.54 Å². The van der Waals surface area contributed by atoms with Crippen molar-refractivity contribution in [3.8, 4) is 0 Å². The van der Waals surface area contributed by atoms with Crippen LogP contribution in [0.5, 0.6) is 0 Å². The molecule has 0 unspecified atom stereocenters. The van der Waals surface area contributed by atoms with Crippen LogP contribution in [0.2, 0.25) is 0 Å². The number of nitrogens with one attached hydrogen (secondary N) is 1. The number of hydrogen-bond donors (Lipinski definition) is 1. The van der Waals surface area contributed by atoms with Gasteiger partial charge < -0.3 is 5.32 Å². The number of halogens is 1. The van der Waals surface area contributed by atoms with Gasteiger partial charge in [-0.2, -0.15) is 5.10 Å². The summed E-state index contributed by atoms with van der Waals surface area (Å²) in [6, 6.07) is 11.5. The predicted octanol–water partition coefficient (Wildman–Crippen LogP) is 4.32. The fourth-order valence-electron chi connectivity index (χ4n) is 2.41. The first-order valence-corrected chi connectivity index (χ1v) is 9.88. The quantitative estimate of drug-likeness (QED) is 0.566. The second kappa shape index (κ2) is 9.00. The predicted molar refractivity (Wildman–Crippen MR) is 106 cm³/mol. The van der Waals surface area contributed by atoms with Gasteiger partial charge in [-0.25, -0.2) is 4.98 Å². The SMILES string of the molecule is Cc1cnn(CCCNC(=O)c2ccccc2Sc2ccc(Br)cn2)c1. The van der Waals surface area contributed by atoms with Crippen LogP contribution in [0.15, 0.2) is 69.4 Å². The fraction of sp³-hybridized carbons (Fsp3) is 0.211. The molecule has 134 valence electrons. The lowest BCUT2D eigenvalue weighted by molar-refractivity contribution is 0.0949. The highest BCUT2D eigenvalue weighted by atomic mass is 79.9. The number of carbonyl (C=O) groups is 1. The van der Waals surface area contributed by atoms with Crippen LogP contribution >= 0.6 is 27.7 Å². The average Bonchev–Trinajstić information content (AvgIpc) is 3.06. The largest absolute Gasteiger partial charge is 0.352 e. The minimum Gasteiger partial charge on any atom is -0.352 e. The Morgan fingerprint density at radius 3 is 2.81 bits per heavy atom. The van der Waals surface area contributed by atoms with E-state index in [1.165, 1.54) is 11.8 Å². The molecule has 2 heterocycles. The Balaban J connectivity index is 1.57. The number of hydrogen-bond acceptors (Lipinski definition) is 4. The molecule has 0 bridgehead atoms. The Labute approximate surface area is 165 Å². The molecule has 0 aliphatic carbocycles. The molecule has 0 aliphatic heterocycles. The molecule has 1 N–H and O–H groups in total. The molecule has 0 aliphatic rings. The third-order valence-electron chi connectivity index (χ3n) is 3.66. The highest BCUT2D eigenvalue weighted by Gasteiger charge is 2.12. The van der Waals surface area contributed by atoms with Crippen LogP contribution in [0.1, 0.15) is 22.3 Å². The summed E-state index contributed by atoms with van der Waals surface area (Å²) < 4.78 is 2.82. The van der Waals surface area contributed by atoms with E-state index in [4.69, 9.17) is 0 Å². The summed E-state index contributed by atoms with van der Waals surface area (Å²) in [6.45, 7) is 3.40. The van der Waals surface area contributed by atoms with Crippen molar-refractivity contribution < 1.29 is 4.79 Å². The summed E-state index contributed by atoms with van der Waals surface area (Å²) in [4.78, 5) is 17.8. The summed E-state index contributed by atoms with van der Waals surface area (Å²) >= 11 is 4.86. The van der Waals surface area contributed by atoms with Crippen LogP contribution in [-0.4, -0.2) is 27.2 Å². The number of aromatic nitrogens is 3. The van der Waals surface area contributed by atoms with E-state index in [0.29, 0.717) is 12.1 Å². The molecule has 7 heteroatoms. The summed E-state index contributed by atoms with van der Waals surface area (Å²) in [7, 11) is 0. The summed E-state index contributed by atoms with van der Waals surface area (Å²) in [6.07, 6.45) is 6.42. The van der Waals surface area contributed by atoms with Gasteiger partial charge in [-0.3, -0.25) is 9.48 Å². The Morgan fingerprint density at radius 2 is 2.08 bits per heavy atom. The van der Waals surface area contributed by atoms with Crippen LogP contribution in [0, 0.1) is 6.92 Å². The standard InChI is InChI=1S/C19H19BrN4OS/c1-14-11-23-24(13-14)10-4-9-21-19(25)16-5-2-3-6-17(16)26-18-8-7-15(20)12-22-18/h2-3,5-8,11-13H,4,9-10H2,1H3,(H,21,25). The summed E-state index contributed by atoms with van der Waals surface area (Å²) in [5.41, 5.74) is 1.80. The van der Waals surface area contributed by atoms with E-state index in [1.807, 2.05) is 60.4 Å². The van der Waals surface area contributed by atoms with Crippen molar-refractivity contribution in [1.82, 2.24) is 20.1 Å². The normalized spacial score (nSPS) is 10.7. The molecule has 1 amide bonds. The Morgan fingerprint density at radius 1 is 1.23 bits per heavy atom. The molecule has 26 heavy (non-hydrogen) atoms. The van der Waals surface area contributed by atoms with E-state index in [-0.39, 0.29) is 5.91 Å². The van der Waals surface area contributed by atoms with Gasteiger partial charge in [0.15, 0.2) is 0 Å². The van der Waals surface area contributed by atoms with Gasteiger partial charge in [0.25, 0.3) is 5.91 Å². The van der Waals surface area contributed by atoms with E-state index in [1.54, 1.807) is 6.20 Å². The number of amides is 1. The zero-order valence-corrected chi connectivity index (χ0v) is 16.8. The molecule has 0 saturated carbocycles. The zero-order chi connectivity index (χ0) is 18.4. The van der Waals surface area contributed by atoms with Gasteiger partial charge in [-0.1, -0.05) is 23.9 Å². The molecule has 5 nitrogen and oxygen atoms in total. The van der Waals surface area contributed by atoms with Crippen molar-refractivity contribution in [1.29, 1.82) is 0 Å². The number of benzene rings is 1. The van der Waals surface area contributed by atoms with Crippen molar-refractivity contribution in [2.45, 2.75) is 29.8 Å². The maximum Gasteiger partial charge on any atom is 0.252 e. The second-order valence-electron chi connectivity index (χ2n) is 5.80. The van der Waals surface area contributed by atoms with Gasteiger partial charge in [-0.15, -0.1) is 0 Å². The van der Waals surface area contributed by atoms with Gasteiger partial charge in [-0.05, 0) is 59.1 Å². The van der Waals surface area contributed by atoms with Gasteiger partial charge in [0.05, 0.1) is 11.8 Å². The van der Waals surface area contributed by atoms with Gasteiger partial charge in [0.2, 0.25) is 0 Å². The van der Waals surface area contributed by atoms with E-state index in [2.05, 4.69) is 31.3 Å². The van der Waals surface area contributed by atoms with E-state index in [0.717, 1.165) is 32.9 Å². The van der Waals surface area contributed by atoms with Crippen molar-refractivity contribution >= 4 is 33.6 Å². The van der Waals surface area contributed by atoms with Crippen molar-refractivity contribution in [3.05, 3.63) is 70.6 Å². The second-order valence-corrected chi connectivity index (χ2v) is 7.78. The highest BCUT2D eigenvalue weighted by molar-refractivity contribution is 9.10. The third-order valence-corrected chi connectivity index (χ3v) is 5.15. The van der Waals surface area contributed by atoms with Crippen LogP contribution in [0.25, 0.3) is 0 Å².